The van der Waals surface area contributed by atoms with Gasteiger partial charge < -0.3 is 10.1 Å². The summed E-state index contributed by atoms with van der Waals surface area (Å²) in [5, 5.41) is 2.92. The number of hydrogen-bond acceptors (Lipinski definition) is 3. The van der Waals surface area contributed by atoms with E-state index in [9.17, 15) is 9.59 Å². The molecule has 4 heteroatoms. The van der Waals surface area contributed by atoms with E-state index in [1.807, 2.05) is 30.3 Å². The quantitative estimate of drug-likeness (QED) is 0.849. The minimum atomic E-state index is -0.595. The van der Waals surface area contributed by atoms with Crippen LogP contribution in [0.4, 0.5) is 0 Å². The second-order valence-corrected chi connectivity index (χ2v) is 6.41. The number of ether oxygens (including phenoxy) is 1. The maximum atomic E-state index is 12.5. The van der Waals surface area contributed by atoms with Gasteiger partial charge >= 0.3 is 5.97 Å². The molecule has 4 nitrogen and oxygen atoms in total. The minimum absolute atomic E-state index is 0.0308. The Morgan fingerprint density at radius 2 is 1.82 bits per heavy atom. The van der Waals surface area contributed by atoms with Gasteiger partial charge in [-0.15, -0.1) is 0 Å². The molecular weight excluding hydrogens is 278 g/mol. The first-order valence-electron chi connectivity index (χ1n) is 8.13. The molecule has 2 aliphatic carbocycles. The number of nitrogens with one attached hydrogen (secondary N) is 1. The van der Waals surface area contributed by atoms with Crippen molar-refractivity contribution < 1.29 is 14.3 Å². The van der Waals surface area contributed by atoms with Crippen LogP contribution in [0.1, 0.15) is 31.2 Å². The molecule has 1 aromatic rings. The van der Waals surface area contributed by atoms with Crippen molar-refractivity contribution in [2.45, 2.75) is 38.1 Å². The zero-order valence-corrected chi connectivity index (χ0v) is 13.0. The van der Waals surface area contributed by atoms with Crippen molar-refractivity contribution >= 4 is 11.9 Å². The van der Waals surface area contributed by atoms with E-state index >= 15 is 0 Å². The first-order chi connectivity index (χ1) is 10.7. The molecule has 2 fully saturated rings. The fourth-order valence-corrected chi connectivity index (χ4v) is 3.83. The van der Waals surface area contributed by atoms with E-state index < -0.39 is 6.04 Å². The van der Waals surface area contributed by atoms with Crippen LogP contribution in [0.2, 0.25) is 0 Å². The lowest BCUT2D eigenvalue weighted by Gasteiger charge is -2.16. The Balaban J connectivity index is 1.63. The van der Waals surface area contributed by atoms with Crippen molar-refractivity contribution in [1.82, 2.24) is 5.32 Å². The fourth-order valence-electron chi connectivity index (χ4n) is 3.83. The maximum absolute atomic E-state index is 12.5. The molecule has 3 unspecified atom stereocenters. The molecule has 0 bridgehead atoms. The van der Waals surface area contributed by atoms with Gasteiger partial charge in [-0.05, 0) is 30.2 Å². The van der Waals surface area contributed by atoms with Crippen LogP contribution in [0, 0.1) is 17.8 Å². The summed E-state index contributed by atoms with van der Waals surface area (Å²) in [6, 6.07) is 9.12. The highest BCUT2D eigenvalue weighted by atomic mass is 16.5. The van der Waals surface area contributed by atoms with Gasteiger partial charge in [0.15, 0.2) is 0 Å². The highest BCUT2D eigenvalue weighted by Crippen LogP contribution is 2.55. The lowest BCUT2D eigenvalue weighted by Crippen LogP contribution is -2.44. The molecule has 1 aromatic carbocycles. The van der Waals surface area contributed by atoms with Crippen LogP contribution in [0.5, 0.6) is 0 Å². The summed E-state index contributed by atoms with van der Waals surface area (Å²) in [5.74, 6) is 0.863. The summed E-state index contributed by atoms with van der Waals surface area (Å²) < 4.78 is 4.85. The van der Waals surface area contributed by atoms with Crippen molar-refractivity contribution in [1.29, 1.82) is 0 Å². The average molecular weight is 301 g/mol. The molecule has 0 radical (unpaired) electrons. The molecule has 1 N–H and O–H groups in total. The second kappa shape index (κ2) is 6.51. The van der Waals surface area contributed by atoms with Crippen LogP contribution in [-0.4, -0.2) is 25.0 Å². The van der Waals surface area contributed by atoms with Gasteiger partial charge in [0.2, 0.25) is 5.91 Å². The first kappa shape index (κ1) is 15.1. The smallest absolute Gasteiger partial charge is 0.328 e. The second-order valence-electron chi connectivity index (χ2n) is 6.41. The third kappa shape index (κ3) is 3.16. The standard InChI is InChI=1S/C18H23NO3/c1-22-18(21)15(11-12-7-3-2-4-8-12)19-17(20)16-13-9-5-6-10-14(13)16/h2-4,7-8,13-16H,5-6,9-11H2,1H3,(H,19,20). The number of amides is 1. The van der Waals surface area contributed by atoms with Gasteiger partial charge in [0.05, 0.1) is 7.11 Å². The average Bonchev–Trinajstić information content (AvgIpc) is 3.29. The zero-order chi connectivity index (χ0) is 15.5. The lowest BCUT2D eigenvalue weighted by molar-refractivity contribution is -0.145. The van der Waals surface area contributed by atoms with E-state index in [1.54, 1.807) is 0 Å². The molecule has 2 saturated carbocycles. The fraction of sp³-hybridized carbons (Fsp3) is 0.556. The Bertz CT molecular complexity index is 531. The molecule has 2 aliphatic rings. The van der Waals surface area contributed by atoms with Gasteiger partial charge in [0, 0.05) is 12.3 Å². The van der Waals surface area contributed by atoms with E-state index in [0.717, 1.165) is 18.4 Å². The van der Waals surface area contributed by atoms with Crippen molar-refractivity contribution in [3.05, 3.63) is 35.9 Å². The minimum Gasteiger partial charge on any atom is -0.467 e. The van der Waals surface area contributed by atoms with Gasteiger partial charge in [-0.25, -0.2) is 4.79 Å². The third-order valence-corrected chi connectivity index (χ3v) is 5.04. The number of methoxy groups -OCH3 is 1. The first-order valence-corrected chi connectivity index (χ1v) is 8.13. The Labute approximate surface area is 131 Å². The molecule has 0 spiro atoms. The van der Waals surface area contributed by atoms with E-state index in [2.05, 4.69) is 5.32 Å². The summed E-state index contributed by atoms with van der Waals surface area (Å²) >= 11 is 0. The third-order valence-electron chi connectivity index (χ3n) is 5.04. The molecular formula is C18H23NO3. The molecule has 22 heavy (non-hydrogen) atoms. The SMILES string of the molecule is COC(=O)C(Cc1ccccc1)NC(=O)C1C2CCCCC21. The van der Waals surface area contributed by atoms with E-state index in [4.69, 9.17) is 4.74 Å². The number of rotatable bonds is 5. The van der Waals surface area contributed by atoms with Crippen LogP contribution < -0.4 is 5.32 Å². The monoisotopic (exact) mass is 301 g/mol. The number of carbonyl (C=O) groups excluding carboxylic acids is 2. The van der Waals surface area contributed by atoms with Crippen LogP contribution >= 0.6 is 0 Å². The van der Waals surface area contributed by atoms with E-state index in [0.29, 0.717) is 18.3 Å². The Morgan fingerprint density at radius 3 is 2.41 bits per heavy atom. The molecule has 0 heterocycles. The molecule has 0 aromatic heterocycles. The Hall–Kier alpha value is -1.84. The number of hydrogen-bond donors (Lipinski definition) is 1. The number of carbonyl (C=O) groups is 2. The predicted molar refractivity (Wildman–Crippen MR) is 83.0 cm³/mol. The Kier molecular flexibility index (Phi) is 4.46. The van der Waals surface area contributed by atoms with Crippen LogP contribution in [-0.2, 0) is 20.7 Å². The Morgan fingerprint density at radius 1 is 1.18 bits per heavy atom. The summed E-state index contributed by atoms with van der Waals surface area (Å²) in [6.45, 7) is 0. The summed E-state index contributed by atoms with van der Waals surface area (Å²) in [5.41, 5.74) is 1.02. The van der Waals surface area contributed by atoms with Gasteiger partial charge in [-0.1, -0.05) is 43.2 Å². The van der Waals surface area contributed by atoms with Crippen LogP contribution in [0.25, 0.3) is 0 Å². The van der Waals surface area contributed by atoms with E-state index in [-0.39, 0.29) is 17.8 Å². The summed E-state index contributed by atoms with van der Waals surface area (Å²) in [6.07, 6.45) is 5.25. The molecule has 0 aliphatic heterocycles. The van der Waals surface area contributed by atoms with Gasteiger partial charge in [-0.2, -0.15) is 0 Å². The molecule has 3 rings (SSSR count). The molecule has 0 saturated heterocycles. The largest absolute Gasteiger partial charge is 0.467 e. The van der Waals surface area contributed by atoms with Gasteiger partial charge in [-0.3, -0.25) is 4.79 Å². The highest BCUT2D eigenvalue weighted by molar-refractivity contribution is 5.88. The molecule has 1 amide bonds. The number of fused-ring (bicyclic) bond motifs is 1. The number of esters is 1. The van der Waals surface area contributed by atoms with Crippen LogP contribution in [0.15, 0.2) is 30.3 Å². The topological polar surface area (TPSA) is 55.4 Å². The highest BCUT2D eigenvalue weighted by Gasteiger charge is 2.55. The van der Waals surface area contributed by atoms with Crippen molar-refractivity contribution in [3.8, 4) is 0 Å². The van der Waals surface area contributed by atoms with E-state index in [1.165, 1.54) is 20.0 Å². The molecule has 3 atom stereocenters. The van der Waals surface area contributed by atoms with Crippen molar-refractivity contribution in [3.63, 3.8) is 0 Å². The predicted octanol–water partition coefficient (Wildman–Crippen LogP) is 2.32. The summed E-state index contributed by atoms with van der Waals surface area (Å²) in [4.78, 5) is 24.4. The number of benzene rings is 1. The van der Waals surface area contributed by atoms with Gasteiger partial charge in [0.25, 0.3) is 0 Å². The maximum Gasteiger partial charge on any atom is 0.328 e. The van der Waals surface area contributed by atoms with Crippen molar-refractivity contribution in [2.75, 3.05) is 7.11 Å². The lowest BCUT2D eigenvalue weighted by atomic mass is 10.0. The zero-order valence-electron chi connectivity index (χ0n) is 13.0. The molecule has 118 valence electrons. The van der Waals surface area contributed by atoms with Gasteiger partial charge in [0.1, 0.15) is 6.04 Å². The normalized spacial score (nSPS) is 27.4. The summed E-state index contributed by atoms with van der Waals surface area (Å²) in [7, 11) is 1.36. The van der Waals surface area contributed by atoms with Crippen LogP contribution in [0.3, 0.4) is 0 Å². The van der Waals surface area contributed by atoms with Crippen molar-refractivity contribution in [2.24, 2.45) is 17.8 Å².